The summed E-state index contributed by atoms with van der Waals surface area (Å²) in [5.74, 6) is 0.0157. The van der Waals surface area contributed by atoms with E-state index in [2.05, 4.69) is 11.8 Å². The molecule has 1 N–H and O–H groups in total. The van der Waals surface area contributed by atoms with Crippen molar-refractivity contribution in [2.75, 3.05) is 19.6 Å². The maximum Gasteiger partial charge on any atom is 0.344 e. The Bertz CT molecular complexity index is 510. The van der Waals surface area contributed by atoms with Crippen LogP contribution in [0.1, 0.15) is 50.3 Å². The predicted molar refractivity (Wildman–Crippen MR) is 91.4 cm³/mol. The number of piperidine rings is 3. The first kappa shape index (κ1) is 16.9. The highest BCUT2D eigenvalue weighted by molar-refractivity contribution is 7.10. The molecule has 4 nitrogen and oxygen atoms in total. The molecule has 0 aromatic carbocycles. The van der Waals surface area contributed by atoms with Crippen LogP contribution < -0.4 is 0 Å². The molecule has 3 saturated heterocycles. The second kappa shape index (κ2) is 7.32. The Hall–Kier alpha value is -0.910. The van der Waals surface area contributed by atoms with Gasteiger partial charge < -0.3 is 9.84 Å². The summed E-state index contributed by atoms with van der Waals surface area (Å²) < 4.78 is 5.82. The Kier molecular flexibility index (Phi) is 5.39. The summed E-state index contributed by atoms with van der Waals surface area (Å²) >= 11 is 1.43. The zero-order valence-corrected chi connectivity index (χ0v) is 14.7. The number of aliphatic hydroxyl groups is 1. The van der Waals surface area contributed by atoms with Crippen LogP contribution in [0.3, 0.4) is 0 Å². The van der Waals surface area contributed by atoms with Gasteiger partial charge in [0.1, 0.15) is 6.10 Å². The van der Waals surface area contributed by atoms with E-state index in [9.17, 15) is 9.90 Å². The van der Waals surface area contributed by atoms with Gasteiger partial charge >= 0.3 is 5.97 Å². The molecule has 3 aliphatic heterocycles. The van der Waals surface area contributed by atoms with E-state index in [1.165, 1.54) is 11.3 Å². The highest BCUT2D eigenvalue weighted by atomic mass is 32.1. The fraction of sp³-hybridized carbons (Fsp3) is 0.722. The van der Waals surface area contributed by atoms with Crippen molar-refractivity contribution < 1.29 is 14.6 Å². The average molecular weight is 337 g/mol. The van der Waals surface area contributed by atoms with Crippen molar-refractivity contribution in [2.45, 2.75) is 57.2 Å². The molecule has 4 rings (SSSR count). The first-order valence-corrected chi connectivity index (χ1v) is 9.71. The Morgan fingerprint density at radius 2 is 2.22 bits per heavy atom. The highest BCUT2D eigenvalue weighted by Crippen LogP contribution is 2.35. The number of unbranched alkanes of at least 4 members (excludes halogenated alkanes) is 2. The Morgan fingerprint density at radius 1 is 1.43 bits per heavy atom. The quantitative estimate of drug-likeness (QED) is 0.613. The third-order valence-corrected chi connectivity index (χ3v) is 6.28. The van der Waals surface area contributed by atoms with Crippen LogP contribution in [0.4, 0.5) is 0 Å². The van der Waals surface area contributed by atoms with Crippen LogP contribution in [0.25, 0.3) is 0 Å². The van der Waals surface area contributed by atoms with Gasteiger partial charge in [-0.2, -0.15) is 0 Å². The number of carbonyl (C=O) groups is 1. The number of hydrogen-bond acceptors (Lipinski definition) is 5. The zero-order chi connectivity index (χ0) is 16.3. The Morgan fingerprint density at radius 3 is 2.78 bits per heavy atom. The van der Waals surface area contributed by atoms with Gasteiger partial charge in [0.25, 0.3) is 0 Å². The van der Waals surface area contributed by atoms with E-state index in [0.29, 0.717) is 17.2 Å². The summed E-state index contributed by atoms with van der Waals surface area (Å²) in [5, 5.41) is 13.0. The fourth-order valence-corrected chi connectivity index (χ4v) is 4.59. The standard InChI is InChI=1S/C18H27NO3S/c1-2-3-4-9-18(21,16-6-5-12-23-16)17(20)22-15-13-19-10-7-14(15)8-11-19/h5-6,12,14-15,21H,2-4,7-11,13H2,1H3/t15-,18?/m0/s1. The van der Waals surface area contributed by atoms with Crippen molar-refractivity contribution in [2.24, 2.45) is 5.92 Å². The summed E-state index contributed by atoms with van der Waals surface area (Å²) in [5.41, 5.74) is -1.48. The van der Waals surface area contributed by atoms with Crippen LogP contribution in [0, 0.1) is 5.92 Å². The number of ether oxygens (including phenoxy) is 1. The van der Waals surface area contributed by atoms with Gasteiger partial charge in [-0.25, -0.2) is 4.79 Å². The molecule has 0 saturated carbocycles. The molecule has 1 aromatic rings. The molecule has 2 bridgehead atoms. The van der Waals surface area contributed by atoms with Crippen LogP contribution in [0.15, 0.2) is 17.5 Å². The molecular formula is C18H27NO3S. The monoisotopic (exact) mass is 337 g/mol. The minimum atomic E-state index is -1.48. The lowest BCUT2D eigenvalue weighted by molar-refractivity contribution is -0.182. The second-order valence-corrected chi connectivity index (χ2v) is 7.82. The normalized spacial score (nSPS) is 29.2. The molecule has 5 heteroatoms. The van der Waals surface area contributed by atoms with Crippen molar-refractivity contribution in [1.29, 1.82) is 0 Å². The van der Waals surface area contributed by atoms with Gasteiger partial charge in [-0.3, -0.25) is 4.90 Å². The van der Waals surface area contributed by atoms with E-state index < -0.39 is 11.6 Å². The van der Waals surface area contributed by atoms with Crippen molar-refractivity contribution in [1.82, 2.24) is 4.90 Å². The average Bonchev–Trinajstić information content (AvgIpc) is 3.11. The smallest absolute Gasteiger partial charge is 0.344 e. The SMILES string of the molecule is CCCCCC(O)(C(=O)O[C@H]1CN2CCC1CC2)c1cccs1. The third-order valence-electron chi connectivity index (χ3n) is 5.26. The lowest BCUT2D eigenvalue weighted by atomic mass is 9.85. The van der Waals surface area contributed by atoms with Crippen molar-refractivity contribution in [3.8, 4) is 0 Å². The molecule has 1 aromatic heterocycles. The highest BCUT2D eigenvalue weighted by Gasteiger charge is 2.44. The lowest BCUT2D eigenvalue weighted by Gasteiger charge is -2.44. The number of thiophene rings is 1. The van der Waals surface area contributed by atoms with Crippen LogP contribution in [-0.2, 0) is 15.1 Å². The van der Waals surface area contributed by atoms with Crippen LogP contribution in [0.2, 0.25) is 0 Å². The van der Waals surface area contributed by atoms with Crippen molar-refractivity contribution >= 4 is 17.3 Å². The minimum absolute atomic E-state index is 0.0531. The van der Waals surface area contributed by atoms with Gasteiger partial charge in [0, 0.05) is 11.4 Å². The van der Waals surface area contributed by atoms with Gasteiger partial charge in [0.05, 0.1) is 0 Å². The molecular weight excluding hydrogens is 310 g/mol. The summed E-state index contributed by atoms with van der Waals surface area (Å²) in [6.45, 7) is 5.18. The number of fused-ring (bicyclic) bond motifs is 3. The van der Waals surface area contributed by atoms with E-state index >= 15 is 0 Å². The molecule has 1 unspecified atom stereocenters. The zero-order valence-electron chi connectivity index (χ0n) is 13.9. The lowest BCUT2D eigenvalue weighted by Crippen LogP contribution is -2.53. The molecule has 0 radical (unpaired) electrons. The van der Waals surface area contributed by atoms with Crippen LogP contribution in [0.5, 0.6) is 0 Å². The van der Waals surface area contributed by atoms with E-state index in [-0.39, 0.29) is 6.10 Å². The molecule has 0 spiro atoms. The maximum absolute atomic E-state index is 12.8. The molecule has 4 heterocycles. The molecule has 23 heavy (non-hydrogen) atoms. The Labute approximate surface area is 142 Å². The van der Waals surface area contributed by atoms with Gasteiger partial charge in [-0.1, -0.05) is 25.8 Å². The van der Waals surface area contributed by atoms with Gasteiger partial charge in [-0.05, 0) is 56.1 Å². The van der Waals surface area contributed by atoms with E-state index in [1.807, 2.05) is 17.5 Å². The topological polar surface area (TPSA) is 49.8 Å². The van der Waals surface area contributed by atoms with E-state index in [0.717, 1.165) is 51.7 Å². The van der Waals surface area contributed by atoms with Crippen molar-refractivity contribution in [3.05, 3.63) is 22.4 Å². The fourth-order valence-electron chi connectivity index (χ4n) is 3.75. The van der Waals surface area contributed by atoms with E-state index in [4.69, 9.17) is 4.74 Å². The summed E-state index contributed by atoms with van der Waals surface area (Å²) in [6.07, 6.45) is 5.51. The first-order chi connectivity index (χ1) is 11.1. The molecule has 3 aliphatic rings. The molecule has 3 fully saturated rings. The van der Waals surface area contributed by atoms with E-state index in [1.54, 1.807) is 0 Å². The number of carbonyl (C=O) groups excluding carboxylic acids is 1. The summed E-state index contributed by atoms with van der Waals surface area (Å²) in [7, 11) is 0. The number of esters is 1. The summed E-state index contributed by atoms with van der Waals surface area (Å²) in [6, 6.07) is 3.72. The predicted octanol–water partition coefficient (Wildman–Crippen LogP) is 3.15. The number of nitrogens with zero attached hydrogens (tertiary/aromatic N) is 1. The van der Waals surface area contributed by atoms with Gasteiger partial charge in [0.2, 0.25) is 0 Å². The van der Waals surface area contributed by atoms with Crippen LogP contribution in [-0.4, -0.2) is 41.7 Å². The first-order valence-electron chi connectivity index (χ1n) is 8.83. The largest absolute Gasteiger partial charge is 0.458 e. The van der Waals surface area contributed by atoms with Gasteiger partial charge in [-0.15, -0.1) is 11.3 Å². The summed E-state index contributed by atoms with van der Waals surface area (Å²) in [4.78, 5) is 15.9. The van der Waals surface area contributed by atoms with Crippen molar-refractivity contribution in [3.63, 3.8) is 0 Å². The Balaban J connectivity index is 1.70. The number of rotatable bonds is 7. The molecule has 0 amide bonds. The molecule has 128 valence electrons. The maximum atomic E-state index is 12.8. The third kappa shape index (κ3) is 3.62. The van der Waals surface area contributed by atoms with Gasteiger partial charge in [0.15, 0.2) is 5.60 Å². The van der Waals surface area contributed by atoms with Crippen LogP contribution >= 0.6 is 11.3 Å². The second-order valence-electron chi connectivity index (χ2n) is 6.88. The molecule has 0 aliphatic carbocycles. The minimum Gasteiger partial charge on any atom is -0.458 e. The number of hydrogen-bond donors (Lipinski definition) is 1. The molecule has 2 atom stereocenters.